The van der Waals surface area contributed by atoms with Crippen molar-refractivity contribution in [3.8, 4) is 11.5 Å². The van der Waals surface area contributed by atoms with Crippen LogP contribution in [0.15, 0.2) is 103 Å². The van der Waals surface area contributed by atoms with Crippen LogP contribution in [0.3, 0.4) is 0 Å². The maximum atomic E-state index is 11.3. The van der Waals surface area contributed by atoms with Crippen molar-refractivity contribution in [2.75, 3.05) is 18.9 Å². The summed E-state index contributed by atoms with van der Waals surface area (Å²) in [5.41, 5.74) is 10.6. The van der Waals surface area contributed by atoms with Crippen molar-refractivity contribution in [1.29, 1.82) is 0 Å². The molecule has 4 rings (SSSR count). The minimum Gasteiger partial charge on any atom is -0.485 e. The normalized spacial score (nSPS) is 9.67. The number of nitrogens with two attached hydrogens (primary N) is 1. The highest BCUT2D eigenvalue weighted by Gasteiger charge is 2.07. The molecule has 0 saturated heterocycles. The number of ether oxygens (including phenoxy) is 3. The van der Waals surface area contributed by atoms with Crippen molar-refractivity contribution < 1.29 is 23.8 Å². The van der Waals surface area contributed by atoms with E-state index in [9.17, 15) is 9.59 Å². The zero-order valence-corrected chi connectivity index (χ0v) is 25.5. The molecule has 0 aliphatic carbocycles. The molecule has 0 saturated carbocycles. The molecule has 4 N–H and O–H groups in total. The maximum Gasteiger partial charge on any atom is 0.325 e. The van der Waals surface area contributed by atoms with Gasteiger partial charge in [-0.1, -0.05) is 92.7 Å². The molecule has 0 aliphatic rings. The lowest BCUT2D eigenvalue weighted by molar-refractivity contribution is -0.141. The smallest absolute Gasteiger partial charge is 0.325 e. The largest absolute Gasteiger partial charge is 0.485 e. The Morgan fingerprint density at radius 3 is 1.81 bits per heavy atom. The number of hydrogen-bond acceptors (Lipinski definition) is 6. The fraction of sp³-hybridized carbons (Fsp3) is 0.257. The van der Waals surface area contributed by atoms with E-state index in [4.69, 9.17) is 15.2 Å². The first-order valence-corrected chi connectivity index (χ1v) is 14.4. The maximum absolute atomic E-state index is 11.3. The van der Waals surface area contributed by atoms with E-state index in [2.05, 4.69) is 46.6 Å². The molecule has 0 spiro atoms. The summed E-state index contributed by atoms with van der Waals surface area (Å²) in [6.45, 7) is 9.36. The molecule has 4 aromatic carbocycles. The van der Waals surface area contributed by atoms with Gasteiger partial charge in [-0.05, 0) is 60.4 Å². The minimum absolute atomic E-state index is 0.137. The van der Waals surface area contributed by atoms with E-state index in [1.54, 1.807) is 19.1 Å². The second-order valence-electron chi connectivity index (χ2n) is 9.08. The van der Waals surface area contributed by atoms with Crippen molar-refractivity contribution in [3.05, 3.63) is 125 Å². The summed E-state index contributed by atoms with van der Waals surface area (Å²) in [6.07, 6.45) is 0. The number of anilines is 1. The highest BCUT2D eigenvalue weighted by molar-refractivity contribution is 5.80. The van der Waals surface area contributed by atoms with Gasteiger partial charge < -0.3 is 30.6 Å². The van der Waals surface area contributed by atoms with E-state index in [0.29, 0.717) is 32.1 Å². The van der Waals surface area contributed by atoms with Gasteiger partial charge in [0.1, 0.15) is 19.8 Å². The first-order valence-electron chi connectivity index (χ1n) is 14.4. The molecule has 8 heteroatoms. The van der Waals surface area contributed by atoms with Crippen LogP contribution in [0.2, 0.25) is 0 Å². The Bertz CT molecular complexity index is 1350. The van der Waals surface area contributed by atoms with E-state index >= 15 is 0 Å². The average Bonchev–Trinajstić information content (AvgIpc) is 3.04. The predicted octanol–water partition coefficient (Wildman–Crippen LogP) is 6.81. The van der Waals surface area contributed by atoms with Crippen LogP contribution in [-0.4, -0.2) is 25.2 Å². The number of carbonyl (C=O) groups is 2. The van der Waals surface area contributed by atoms with Crippen LogP contribution < -0.4 is 25.8 Å². The summed E-state index contributed by atoms with van der Waals surface area (Å²) in [5.74, 6) is 1.10. The number of rotatable bonds is 11. The Kier molecular flexibility index (Phi) is 15.9. The van der Waals surface area contributed by atoms with Gasteiger partial charge in [0.05, 0.1) is 6.61 Å². The van der Waals surface area contributed by atoms with E-state index in [-0.39, 0.29) is 6.54 Å². The van der Waals surface area contributed by atoms with Crippen LogP contribution in [0.5, 0.6) is 11.5 Å². The Morgan fingerprint density at radius 1 is 0.698 bits per heavy atom. The molecule has 0 unspecified atom stereocenters. The van der Waals surface area contributed by atoms with Gasteiger partial charge in [-0.3, -0.25) is 4.79 Å². The number of nitrogen functional groups attached to an aromatic ring is 1. The van der Waals surface area contributed by atoms with E-state index in [1.165, 1.54) is 0 Å². The summed E-state index contributed by atoms with van der Waals surface area (Å²) in [6, 6.07) is 33.1. The predicted molar refractivity (Wildman–Crippen MR) is 172 cm³/mol. The third kappa shape index (κ3) is 14.0. The second kappa shape index (κ2) is 20.0. The minimum atomic E-state index is -0.458. The summed E-state index contributed by atoms with van der Waals surface area (Å²) in [5, 5.41) is 5.02. The molecule has 8 nitrogen and oxygen atoms in total. The Balaban J connectivity index is 0.000000293. The first-order chi connectivity index (χ1) is 20.9. The van der Waals surface area contributed by atoms with Gasteiger partial charge in [0.2, 0.25) is 0 Å². The number of amides is 2. The molecule has 4 aromatic rings. The number of esters is 1. The van der Waals surface area contributed by atoms with Crippen LogP contribution in [-0.2, 0) is 29.3 Å². The Labute approximate surface area is 255 Å². The molecule has 2 amide bonds. The number of carbonyl (C=O) groups excluding carboxylic acids is 2. The number of nitrogens with one attached hydrogen (secondary N) is 2. The van der Waals surface area contributed by atoms with Gasteiger partial charge in [0.15, 0.2) is 11.5 Å². The highest BCUT2D eigenvalue weighted by Crippen LogP contribution is 2.29. The van der Waals surface area contributed by atoms with Gasteiger partial charge in [-0.15, -0.1) is 0 Å². The van der Waals surface area contributed by atoms with Crippen molar-refractivity contribution in [1.82, 2.24) is 10.6 Å². The van der Waals surface area contributed by atoms with Crippen molar-refractivity contribution in [2.45, 2.75) is 47.5 Å². The topological polar surface area (TPSA) is 112 Å². The van der Waals surface area contributed by atoms with Crippen LogP contribution in [0.1, 0.15) is 43.0 Å². The van der Waals surface area contributed by atoms with Crippen molar-refractivity contribution in [2.24, 2.45) is 0 Å². The Morgan fingerprint density at radius 2 is 1.26 bits per heavy atom. The van der Waals surface area contributed by atoms with Crippen LogP contribution in [0, 0.1) is 6.92 Å². The number of hydrogen-bond donors (Lipinski definition) is 3. The standard InChI is InChI=1S/C21H20O2.C12H17N3O3.C2H6/c1-17-12-13-20(22-15-18-8-4-2-5-9-18)21(14-17)23-16-19-10-6-3-7-11-19;1-2-18-11(16)8-15-12(17)14-7-9-3-5-10(13)6-4-9;1-2/h2-14H,15-16H2,1H3;3-6H,2,7-8,13H2,1H3,(H2,14,15,17);1-2H3. The molecule has 228 valence electrons. The Hall–Kier alpha value is -4.98. The lowest BCUT2D eigenvalue weighted by Crippen LogP contribution is -2.38. The summed E-state index contributed by atoms with van der Waals surface area (Å²) in [4.78, 5) is 22.3. The van der Waals surface area contributed by atoms with Gasteiger partial charge >= 0.3 is 12.0 Å². The lowest BCUT2D eigenvalue weighted by atomic mass is 10.2. The van der Waals surface area contributed by atoms with Crippen molar-refractivity contribution in [3.63, 3.8) is 0 Å². The average molecular weight is 586 g/mol. The quantitative estimate of drug-likeness (QED) is 0.132. The first kappa shape index (κ1) is 34.2. The fourth-order valence-corrected chi connectivity index (χ4v) is 3.56. The van der Waals surface area contributed by atoms with Crippen LogP contribution in [0.4, 0.5) is 10.5 Å². The molecule has 0 aliphatic heterocycles. The molecule has 0 atom stereocenters. The third-order valence-corrected chi connectivity index (χ3v) is 5.70. The van der Waals surface area contributed by atoms with Crippen LogP contribution in [0.25, 0.3) is 0 Å². The summed E-state index contributed by atoms with van der Waals surface area (Å²) in [7, 11) is 0. The lowest BCUT2D eigenvalue weighted by Gasteiger charge is -2.14. The van der Waals surface area contributed by atoms with Gasteiger partial charge in [0.25, 0.3) is 0 Å². The second-order valence-corrected chi connectivity index (χ2v) is 9.08. The zero-order chi connectivity index (χ0) is 31.3. The van der Waals surface area contributed by atoms with Gasteiger partial charge in [-0.25, -0.2) is 4.79 Å². The molecular formula is C35H43N3O5. The molecular weight excluding hydrogens is 542 g/mol. The molecule has 0 bridgehead atoms. The van der Waals surface area contributed by atoms with Gasteiger partial charge in [0, 0.05) is 12.2 Å². The number of benzene rings is 4. The molecule has 0 aromatic heterocycles. The zero-order valence-electron chi connectivity index (χ0n) is 25.5. The van der Waals surface area contributed by atoms with Gasteiger partial charge in [-0.2, -0.15) is 0 Å². The van der Waals surface area contributed by atoms with Crippen molar-refractivity contribution >= 4 is 17.7 Å². The number of urea groups is 1. The molecule has 43 heavy (non-hydrogen) atoms. The highest BCUT2D eigenvalue weighted by atomic mass is 16.5. The van der Waals surface area contributed by atoms with E-state index < -0.39 is 12.0 Å². The fourth-order valence-electron chi connectivity index (χ4n) is 3.56. The summed E-state index contributed by atoms with van der Waals surface area (Å²) < 4.78 is 16.6. The monoisotopic (exact) mass is 585 g/mol. The third-order valence-electron chi connectivity index (χ3n) is 5.70. The van der Waals surface area contributed by atoms with E-state index in [0.717, 1.165) is 33.8 Å². The molecule has 0 fully saturated rings. The molecule has 0 radical (unpaired) electrons. The van der Waals surface area contributed by atoms with Crippen LogP contribution >= 0.6 is 0 Å². The molecule has 0 heterocycles. The van der Waals surface area contributed by atoms with E-state index in [1.807, 2.05) is 80.6 Å². The summed E-state index contributed by atoms with van der Waals surface area (Å²) >= 11 is 0. The SMILES string of the molecule is CC.CCOC(=O)CNC(=O)NCc1ccc(N)cc1.Cc1ccc(OCc2ccccc2)c(OCc2ccccc2)c1. The number of aryl methyl sites for hydroxylation is 1.